The zero-order valence-electron chi connectivity index (χ0n) is 14.6. The minimum Gasteiger partial charge on any atom is -0.481 e. The number of carbonyl (C=O) groups is 3. The van der Waals surface area contributed by atoms with Gasteiger partial charge >= 0.3 is 18.1 Å². The van der Waals surface area contributed by atoms with Crippen LogP contribution in [0.1, 0.15) is 18.9 Å². The fourth-order valence-electron chi connectivity index (χ4n) is 1.52. The molecule has 1 aromatic heterocycles. The molecule has 0 saturated heterocycles. The highest BCUT2D eigenvalue weighted by Crippen LogP contribution is 2.21. The number of aliphatic carboxylic acids is 2. The maximum absolute atomic E-state index is 12.9. The van der Waals surface area contributed by atoms with Crippen LogP contribution in [0.25, 0.3) is 0 Å². The molecular formula is C14H18F5N3O5S2. The van der Waals surface area contributed by atoms with E-state index in [2.05, 4.69) is 10.4 Å². The summed E-state index contributed by atoms with van der Waals surface area (Å²) in [5.41, 5.74) is 0. The number of carboxylic acid groups (broad SMARTS) is 2. The van der Waals surface area contributed by atoms with Crippen LogP contribution in [0.3, 0.4) is 0 Å². The van der Waals surface area contributed by atoms with E-state index in [4.69, 9.17) is 15.0 Å². The highest BCUT2D eigenvalue weighted by atomic mass is 33.1. The lowest BCUT2D eigenvalue weighted by molar-refractivity contribution is -0.192. The first-order valence-electron chi connectivity index (χ1n) is 7.75. The molecule has 0 aliphatic heterocycles. The van der Waals surface area contributed by atoms with E-state index in [-0.39, 0.29) is 12.8 Å². The number of hydrogen-bond acceptors (Lipinski definition) is 6. The number of amides is 1. The van der Waals surface area contributed by atoms with Crippen molar-refractivity contribution < 1.29 is 46.5 Å². The van der Waals surface area contributed by atoms with Gasteiger partial charge in [-0.25, -0.2) is 13.6 Å². The number of halogens is 5. The Morgan fingerprint density at radius 1 is 1.14 bits per heavy atom. The lowest BCUT2D eigenvalue weighted by atomic mass is 10.2. The number of carbonyl (C=O) groups excluding carboxylic acids is 1. The molecule has 15 heteroatoms. The van der Waals surface area contributed by atoms with Gasteiger partial charge in [0.2, 0.25) is 5.91 Å². The number of nitrogens with zero attached hydrogens (tertiary/aromatic N) is 2. The molecule has 1 unspecified atom stereocenters. The van der Waals surface area contributed by atoms with Crippen molar-refractivity contribution in [3.63, 3.8) is 0 Å². The number of alkyl halides is 5. The number of nitrogens with one attached hydrogen (secondary N) is 1. The van der Waals surface area contributed by atoms with Gasteiger partial charge in [0.25, 0.3) is 6.43 Å². The van der Waals surface area contributed by atoms with E-state index in [9.17, 15) is 31.5 Å². The first-order valence-corrected chi connectivity index (χ1v) is 10.2. The Balaban J connectivity index is 0.000000956. The van der Waals surface area contributed by atoms with Crippen molar-refractivity contribution in [3.05, 3.63) is 18.5 Å². The van der Waals surface area contributed by atoms with Crippen LogP contribution in [0.5, 0.6) is 0 Å². The van der Waals surface area contributed by atoms with Gasteiger partial charge in [0.1, 0.15) is 6.04 Å². The molecular weight excluding hydrogens is 449 g/mol. The van der Waals surface area contributed by atoms with Crippen LogP contribution in [-0.2, 0) is 14.4 Å². The average Bonchev–Trinajstić information content (AvgIpc) is 3.12. The number of aromatic nitrogens is 2. The highest BCUT2D eigenvalue weighted by molar-refractivity contribution is 8.76. The molecule has 1 heterocycles. The lowest BCUT2D eigenvalue weighted by Gasteiger charge is -2.16. The third kappa shape index (κ3) is 13.7. The number of hydrogen-bond donors (Lipinski definition) is 3. The molecule has 8 nitrogen and oxygen atoms in total. The first-order chi connectivity index (χ1) is 13.4. The second-order valence-electron chi connectivity index (χ2n) is 5.03. The zero-order chi connectivity index (χ0) is 22.4. The molecule has 1 aromatic rings. The molecule has 0 radical (unpaired) electrons. The Morgan fingerprint density at radius 3 is 2.17 bits per heavy atom. The van der Waals surface area contributed by atoms with E-state index in [1.807, 2.05) is 0 Å². The van der Waals surface area contributed by atoms with Crippen LogP contribution in [0.4, 0.5) is 22.0 Å². The maximum atomic E-state index is 12.9. The second-order valence-corrected chi connectivity index (χ2v) is 7.73. The molecule has 166 valence electrons. The first kappa shape index (κ1) is 27.0. The predicted molar refractivity (Wildman–Crippen MR) is 95.8 cm³/mol. The smallest absolute Gasteiger partial charge is 0.481 e. The SMILES string of the molecule is O=C(O)C(F)(F)F.O=C(O)CCSSCCNC(=O)CC(C(F)F)n1cccn1. The van der Waals surface area contributed by atoms with Gasteiger partial charge in [-0.1, -0.05) is 21.6 Å². The molecule has 29 heavy (non-hydrogen) atoms. The van der Waals surface area contributed by atoms with Crippen molar-refractivity contribution in [3.8, 4) is 0 Å². The second kappa shape index (κ2) is 14.0. The van der Waals surface area contributed by atoms with Crippen molar-refractivity contribution in [2.45, 2.75) is 31.5 Å². The van der Waals surface area contributed by atoms with E-state index in [0.29, 0.717) is 18.1 Å². The van der Waals surface area contributed by atoms with E-state index in [0.717, 1.165) is 4.68 Å². The van der Waals surface area contributed by atoms with Crippen LogP contribution in [0, 0.1) is 0 Å². The quantitative estimate of drug-likeness (QED) is 0.258. The molecule has 3 N–H and O–H groups in total. The standard InChI is InChI=1S/C12H17F2N3O3S2.C2HF3O2/c13-12(14)9(17-5-1-3-16-17)8-10(18)15-4-7-22-21-6-2-11(19)20;3-2(4,5)1(6)7/h1,3,5,9,12H,2,4,6-8H2,(H,15,18)(H,19,20);(H,6,7). The van der Waals surface area contributed by atoms with Gasteiger partial charge in [-0.05, 0) is 6.07 Å². The predicted octanol–water partition coefficient (Wildman–Crippen LogP) is 2.69. The lowest BCUT2D eigenvalue weighted by Crippen LogP contribution is -2.30. The molecule has 0 spiro atoms. The molecule has 0 fully saturated rings. The Kier molecular flexibility index (Phi) is 13.0. The summed E-state index contributed by atoms with van der Waals surface area (Å²) >= 11 is 0. The van der Waals surface area contributed by atoms with Crippen molar-refractivity contribution >= 4 is 39.4 Å². The summed E-state index contributed by atoms with van der Waals surface area (Å²) in [5.74, 6) is -3.00. The van der Waals surface area contributed by atoms with Gasteiger partial charge in [-0.2, -0.15) is 18.3 Å². The molecule has 0 aromatic carbocycles. The van der Waals surface area contributed by atoms with Gasteiger partial charge in [0.15, 0.2) is 0 Å². The maximum Gasteiger partial charge on any atom is 0.490 e. The third-order valence-corrected chi connectivity index (χ3v) is 5.19. The van der Waals surface area contributed by atoms with Crippen LogP contribution in [0.15, 0.2) is 18.5 Å². The molecule has 1 atom stereocenters. The molecule has 0 saturated carbocycles. The van der Waals surface area contributed by atoms with Gasteiger partial charge in [0.05, 0.1) is 12.8 Å². The largest absolute Gasteiger partial charge is 0.490 e. The van der Waals surface area contributed by atoms with Gasteiger partial charge in [-0.15, -0.1) is 0 Å². The topological polar surface area (TPSA) is 122 Å². The van der Waals surface area contributed by atoms with Crippen molar-refractivity contribution in [1.82, 2.24) is 15.1 Å². The van der Waals surface area contributed by atoms with Crippen LogP contribution in [-0.4, -0.2) is 68.5 Å². The van der Waals surface area contributed by atoms with Crippen LogP contribution < -0.4 is 5.32 Å². The minimum atomic E-state index is -5.08. The average molecular weight is 467 g/mol. The van der Waals surface area contributed by atoms with E-state index in [1.54, 1.807) is 0 Å². The Hall–Kier alpha value is -2.03. The summed E-state index contributed by atoms with van der Waals surface area (Å²) in [4.78, 5) is 30.8. The summed E-state index contributed by atoms with van der Waals surface area (Å²) in [6.45, 7) is 0.346. The van der Waals surface area contributed by atoms with Gasteiger partial charge in [0, 0.05) is 30.4 Å². The van der Waals surface area contributed by atoms with Crippen LogP contribution >= 0.6 is 21.6 Å². The fourth-order valence-corrected chi connectivity index (χ4v) is 3.40. The Morgan fingerprint density at radius 2 is 1.72 bits per heavy atom. The van der Waals surface area contributed by atoms with Crippen molar-refractivity contribution in [2.24, 2.45) is 0 Å². The molecule has 0 aliphatic carbocycles. The fraction of sp³-hybridized carbons (Fsp3) is 0.571. The third-order valence-electron chi connectivity index (χ3n) is 2.78. The molecule has 1 rings (SSSR count). The van der Waals surface area contributed by atoms with Gasteiger partial charge in [-0.3, -0.25) is 14.3 Å². The monoisotopic (exact) mass is 467 g/mol. The summed E-state index contributed by atoms with van der Waals surface area (Å²) < 4.78 is 58.7. The summed E-state index contributed by atoms with van der Waals surface area (Å²) in [6.07, 6.45) is -5.22. The zero-order valence-corrected chi connectivity index (χ0v) is 16.3. The van der Waals surface area contributed by atoms with E-state index < -0.39 is 36.5 Å². The number of rotatable bonds is 11. The van der Waals surface area contributed by atoms with Crippen molar-refractivity contribution in [1.29, 1.82) is 0 Å². The van der Waals surface area contributed by atoms with Crippen molar-refractivity contribution in [2.75, 3.05) is 18.1 Å². The normalized spacial score (nSPS) is 12.1. The highest BCUT2D eigenvalue weighted by Gasteiger charge is 2.38. The summed E-state index contributed by atoms with van der Waals surface area (Å²) in [7, 11) is 2.83. The summed E-state index contributed by atoms with van der Waals surface area (Å²) in [5, 5.41) is 21.9. The van der Waals surface area contributed by atoms with E-state index in [1.165, 1.54) is 40.0 Å². The Bertz CT molecular complexity index is 632. The van der Waals surface area contributed by atoms with E-state index >= 15 is 0 Å². The number of carboxylic acids is 2. The molecule has 1 amide bonds. The van der Waals surface area contributed by atoms with Crippen LogP contribution in [0.2, 0.25) is 0 Å². The summed E-state index contributed by atoms with van der Waals surface area (Å²) in [6, 6.07) is 0.255. The molecule has 0 aliphatic rings. The van der Waals surface area contributed by atoms with Gasteiger partial charge < -0.3 is 15.5 Å². The minimum absolute atomic E-state index is 0.0873. The molecule has 0 bridgehead atoms. The Labute approximate surface area is 169 Å².